The molecule has 8 nitrogen and oxygen atoms in total. The fourth-order valence-electron chi connectivity index (χ4n) is 5.08. The van der Waals surface area contributed by atoms with Crippen LogP contribution in [0, 0.1) is 5.92 Å². The Morgan fingerprint density at radius 2 is 1.94 bits per heavy atom. The van der Waals surface area contributed by atoms with Crippen LogP contribution >= 0.6 is 11.6 Å². The molecular weight excluding hydrogens is 480 g/mol. The highest BCUT2D eigenvalue weighted by Crippen LogP contribution is 2.41. The molecule has 36 heavy (non-hydrogen) atoms. The van der Waals surface area contributed by atoms with Gasteiger partial charge in [-0.2, -0.15) is 0 Å². The fourth-order valence-corrected chi connectivity index (χ4v) is 5.21. The molecule has 2 heterocycles. The van der Waals surface area contributed by atoms with Gasteiger partial charge >= 0.3 is 0 Å². The van der Waals surface area contributed by atoms with Gasteiger partial charge in [0.2, 0.25) is 5.91 Å². The number of benzene rings is 2. The Bertz CT molecular complexity index is 1090. The van der Waals surface area contributed by atoms with Gasteiger partial charge in [0.15, 0.2) is 5.66 Å². The summed E-state index contributed by atoms with van der Waals surface area (Å²) in [4.78, 5) is 28.2. The highest BCUT2D eigenvalue weighted by atomic mass is 35.5. The number of carbonyl (C=O) groups excluding carboxylic acids is 2. The van der Waals surface area contributed by atoms with Crippen molar-refractivity contribution in [2.45, 2.75) is 44.9 Å². The molecule has 2 amide bonds. The first kappa shape index (κ1) is 26.3. The number of piperazine rings is 1. The van der Waals surface area contributed by atoms with E-state index in [0.717, 1.165) is 12.0 Å². The lowest BCUT2D eigenvalue weighted by Gasteiger charge is -2.38. The number of carbonyl (C=O) groups is 2. The molecule has 0 saturated carbocycles. The monoisotopic (exact) mass is 514 g/mol. The van der Waals surface area contributed by atoms with Crippen molar-refractivity contribution in [1.29, 1.82) is 0 Å². The van der Waals surface area contributed by atoms with Gasteiger partial charge in [-0.15, -0.1) is 0 Å². The van der Waals surface area contributed by atoms with Crippen LogP contribution in [0.25, 0.3) is 0 Å². The molecule has 0 radical (unpaired) electrons. The largest absolute Gasteiger partial charge is 0.497 e. The third-order valence-corrected chi connectivity index (χ3v) is 6.92. The molecule has 2 aliphatic heterocycles. The first-order valence-electron chi connectivity index (χ1n) is 12.5. The molecule has 2 aromatic rings. The lowest BCUT2D eigenvalue weighted by molar-refractivity contribution is -0.144. The Morgan fingerprint density at radius 3 is 2.58 bits per heavy atom. The molecule has 2 aliphatic rings. The van der Waals surface area contributed by atoms with E-state index in [1.54, 1.807) is 18.1 Å². The summed E-state index contributed by atoms with van der Waals surface area (Å²) >= 11 is 6.18. The van der Waals surface area contributed by atoms with Gasteiger partial charge in [0, 0.05) is 41.8 Å². The van der Waals surface area contributed by atoms with Gasteiger partial charge in [0.05, 0.1) is 20.3 Å². The van der Waals surface area contributed by atoms with E-state index in [9.17, 15) is 9.59 Å². The van der Waals surface area contributed by atoms with Crippen molar-refractivity contribution >= 4 is 23.4 Å². The molecule has 2 saturated heterocycles. The number of ether oxygens (including phenoxy) is 2. The Labute approximate surface area is 217 Å². The number of hydrogen-bond donors (Lipinski definition) is 3. The van der Waals surface area contributed by atoms with Gasteiger partial charge in [0.1, 0.15) is 11.5 Å². The second-order valence-electron chi connectivity index (χ2n) is 9.68. The summed E-state index contributed by atoms with van der Waals surface area (Å²) in [5, 5.41) is 10.8. The maximum atomic E-state index is 14.4. The second kappa shape index (κ2) is 11.1. The molecular formula is C27H35ClN4O4. The van der Waals surface area contributed by atoms with Gasteiger partial charge < -0.3 is 19.7 Å². The minimum absolute atomic E-state index is 0.00449. The highest BCUT2D eigenvalue weighted by molar-refractivity contribution is 6.30. The van der Waals surface area contributed by atoms with Crippen molar-refractivity contribution in [2.24, 2.45) is 5.92 Å². The zero-order chi connectivity index (χ0) is 25.9. The quantitative estimate of drug-likeness (QED) is 0.501. The maximum absolute atomic E-state index is 14.4. The van der Waals surface area contributed by atoms with Crippen LogP contribution in [0.2, 0.25) is 5.02 Å². The molecule has 194 valence electrons. The molecule has 4 rings (SSSR count). The zero-order valence-electron chi connectivity index (χ0n) is 21.3. The fraction of sp³-hybridized carbons (Fsp3) is 0.481. The van der Waals surface area contributed by atoms with E-state index in [-0.39, 0.29) is 30.4 Å². The normalized spacial score (nSPS) is 24.1. The summed E-state index contributed by atoms with van der Waals surface area (Å²) in [5.74, 6) is 1.18. The van der Waals surface area contributed by atoms with Crippen molar-refractivity contribution in [3.05, 3.63) is 58.6 Å². The van der Waals surface area contributed by atoms with Crippen LogP contribution < -0.4 is 25.4 Å². The van der Waals surface area contributed by atoms with Crippen LogP contribution in [0.4, 0.5) is 0 Å². The van der Waals surface area contributed by atoms with Crippen LogP contribution in [0.3, 0.4) is 0 Å². The van der Waals surface area contributed by atoms with E-state index >= 15 is 0 Å². The summed E-state index contributed by atoms with van der Waals surface area (Å²) in [5.41, 5.74) is 0.375. The van der Waals surface area contributed by atoms with E-state index in [2.05, 4.69) is 29.8 Å². The second-order valence-corrected chi connectivity index (χ2v) is 10.1. The Kier molecular flexibility index (Phi) is 8.07. The third kappa shape index (κ3) is 5.31. The van der Waals surface area contributed by atoms with Crippen molar-refractivity contribution < 1.29 is 19.1 Å². The van der Waals surface area contributed by atoms with Gasteiger partial charge in [-0.05, 0) is 49.1 Å². The maximum Gasteiger partial charge on any atom is 0.263 e. The number of nitrogens with zero attached hydrogens (tertiary/aromatic N) is 1. The zero-order valence-corrected chi connectivity index (χ0v) is 22.0. The average Bonchev–Trinajstić information content (AvgIpc) is 3.23. The van der Waals surface area contributed by atoms with Gasteiger partial charge in [0.25, 0.3) is 5.91 Å². The molecule has 0 aromatic heterocycles. The molecule has 2 fully saturated rings. The predicted octanol–water partition coefficient (Wildman–Crippen LogP) is 3.21. The van der Waals surface area contributed by atoms with Crippen LogP contribution in [0.15, 0.2) is 42.5 Å². The summed E-state index contributed by atoms with van der Waals surface area (Å²) in [6, 6.07) is 12.9. The van der Waals surface area contributed by atoms with Crippen molar-refractivity contribution in [1.82, 2.24) is 20.9 Å². The first-order chi connectivity index (χ1) is 17.3. The van der Waals surface area contributed by atoms with E-state index in [0.29, 0.717) is 47.7 Å². The molecule has 3 atom stereocenters. The predicted molar refractivity (Wildman–Crippen MR) is 139 cm³/mol. The lowest BCUT2D eigenvalue weighted by Crippen LogP contribution is -2.63. The van der Waals surface area contributed by atoms with Gasteiger partial charge in [-0.25, -0.2) is 0 Å². The lowest BCUT2D eigenvalue weighted by atomic mass is 9.94. The highest BCUT2D eigenvalue weighted by Gasteiger charge is 2.54. The van der Waals surface area contributed by atoms with E-state index in [1.807, 2.05) is 43.3 Å². The molecule has 0 aliphatic carbocycles. The first-order valence-corrected chi connectivity index (χ1v) is 12.8. The number of hydrogen-bond acceptors (Lipinski definition) is 6. The number of methoxy groups -OCH3 is 1. The van der Waals surface area contributed by atoms with E-state index < -0.39 is 5.66 Å². The van der Waals surface area contributed by atoms with Gasteiger partial charge in [-0.1, -0.05) is 37.6 Å². The molecule has 0 spiro atoms. The van der Waals surface area contributed by atoms with Crippen molar-refractivity contribution in [3.8, 4) is 11.5 Å². The Morgan fingerprint density at radius 1 is 1.19 bits per heavy atom. The summed E-state index contributed by atoms with van der Waals surface area (Å²) < 4.78 is 11.5. The molecule has 3 N–H and O–H groups in total. The Hall–Kier alpha value is -2.81. The number of rotatable bonds is 8. The summed E-state index contributed by atoms with van der Waals surface area (Å²) in [6.07, 6.45) is 0.829. The molecule has 9 heteroatoms. The van der Waals surface area contributed by atoms with Crippen LogP contribution in [0.1, 0.15) is 44.4 Å². The van der Waals surface area contributed by atoms with Crippen LogP contribution in [-0.4, -0.2) is 56.1 Å². The average molecular weight is 515 g/mol. The Balaban J connectivity index is 1.85. The minimum Gasteiger partial charge on any atom is -0.497 e. The SMILES string of the molecule is CCOc1cc(OC)ccc1C1(C(=O)N2CCNC(=O)C2)NC(CC(C)C)C(c2ccc(Cl)cc2)N1. The summed E-state index contributed by atoms with van der Waals surface area (Å²) in [6.45, 7) is 7.50. The van der Waals surface area contributed by atoms with Crippen LogP contribution in [-0.2, 0) is 15.3 Å². The van der Waals surface area contributed by atoms with E-state index in [1.165, 1.54) is 0 Å². The molecule has 2 aromatic carbocycles. The van der Waals surface area contributed by atoms with Crippen molar-refractivity contribution in [2.75, 3.05) is 33.4 Å². The van der Waals surface area contributed by atoms with Gasteiger partial charge in [-0.3, -0.25) is 20.2 Å². The number of halogens is 1. The van der Waals surface area contributed by atoms with Crippen molar-refractivity contribution in [3.63, 3.8) is 0 Å². The third-order valence-electron chi connectivity index (χ3n) is 6.67. The standard InChI is InChI=1S/C27H35ClN4O4/c1-5-36-23-15-20(35-4)10-11-21(23)27(26(34)32-13-12-29-24(33)16-32)30-22(14-17(2)3)25(31-27)18-6-8-19(28)9-7-18/h6-11,15,17,22,25,30-31H,5,12-14,16H2,1-4H3,(H,29,33). The number of nitrogens with one attached hydrogen (secondary N) is 3. The van der Waals surface area contributed by atoms with E-state index in [4.69, 9.17) is 21.1 Å². The molecule has 3 unspecified atom stereocenters. The number of amides is 2. The minimum atomic E-state index is -1.31. The topological polar surface area (TPSA) is 91.9 Å². The molecule has 0 bridgehead atoms. The smallest absolute Gasteiger partial charge is 0.263 e. The van der Waals surface area contributed by atoms with Crippen LogP contribution in [0.5, 0.6) is 11.5 Å². The summed E-state index contributed by atoms with van der Waals surface area (Å²) in [7, 11) is 1.60.